The fraction of sp³-hybridized carbons (Fsp3) is 0.533. The predicted molar refractivity (Wildman–Crippen MR) is 127 cm³/mol. The van der Waals surface area contributed by atoms with Gasteiger partial charge in [0.25, 0.3) is 0 Å². The van der Waals surface area contributed by atoms with Crippen molar-refractivity contribution in [2.45, 2.75) is 70.1 Å². The van der Waals surface area contributed by atoms with Crippen molar-refractivity contribution in [3.63, 3.8) is 0 Å². The Bertz CT molecular complexity index is 1110. The molecule has 154 valence electrons. The van der Waals surface area contributed by atoms with Crippen molar-refractivity contribution < 1.29 is 0 Å². The monoisotopic (exact) mass is 394 g/mol. The molecule has 3 saturated carbocycles. The Labute approximate surface area is 181 Å². The topological polar surface area (TPSA) is 0 Å². The lowest BCUT2D eigenvalue weighted by Crippen LogP contribution is -2.41. The van der Waals surface area contributed by atoms with Crippen molar-refractivity contribution in [3.05, 3.63) is 59.7 Å². The largest absolute Gasteiger partial charge is 0.0616 e. The molecule has 0 saturated heterocycles. The summed E-state index contributed by atoms with van der Waals surface area (Å²) < 4.78 is 0. The van der Waals surface area contributed by atoms with Crippen molar-refractivity contribution in [2.75, 3.05) is 0 Å². The van der Waals surface area contributed by atoms with Crippen LogP contribution in [0.2, 0.25) is 0 Å². The van der Waals surface area contributed by atoms with Gasteiger partial charge in [-0.05, 0) is 99.9 Å². The van der Waals surface area contributed by atoms with Gasteiger partial charge in [-0.25, -0.2) is 0 Å². The molecule has 0 N–H and O–H groups in total. The van der Waals surface area contributed by atoms with E-state index < -0.39 is 0 Å². The van der Waals surface area contributed by atoms with E-state index in [0.29, 0.717) is 0 Å². The van der Waals surface area contributed by atoms with E-state index in [-0.39, 0.29) is 0 Å². The SMILES string of the molecule is c1ccc2c3c4c(cccc4cc2c1)CC3C1CCCC2CC3CCCCC3CC21. The zero-order chi connectivity index (χ0) is 19.7. The molecule has 0 amide bonds. The number of fused-ring (bicyclic) bond motifs is 4. The zero-order valence-electron chi connectivity index (χ0n) is 18.2. The molecule has 0 bridgehead atoms. The Morgan fingerprint density at radius 2 is 1.43 bits per heavy atom. The maximum absolute atomic E-state index is 2.44. The van der Waals surface area contributed by atoms with Crippen LogP contribution in [0, 0.1) is 29.6 Å². The Morgan fingerprint density at radius 1 is 0.633 bits per heavy atom. The molecule has 6 unspecified atom stereocenters. The summed E-state index contributed by atoms with van der Waals surface area (Å²) in [4.78, 5) is 0. The molecule has 7 rings (SSSR count). The molecule has 0 aromatic heterocycles. The molecule has 0 spiro atoms. The lowest BCUT2D eigenvalue weighted by Gasteiger charge is -2.50. The number of hydrogen-bond acceptors (Lipinski definition) is 0. The molecule has 0 radical (unpaired) electrons. The average Bonchev–Trinajstić information content (AvgIpc) is 3.18. The normalized spacial score (nSPS) is 35.3. The third-order valence-electron chi connectivity index (χ3n) is 9.86. The molecule has 0 heteroatoms. The highest BCUT2D eigenvalue weighted by molar-refractivity contribution is 6.05. The van der Waals surface area contributed by atoms with Crippen LogP contribution in [0.4, 0.5) is 0 Å². The van der Waals surface area contributed by atoms with Gasteiger partial charge in [0.2, 0.25) is 0 Å². The Balaban J connectivity index is 1.34. The van der Waals surface area contributed by atoms with Gasteiger partial charge in [-0.2, -0.15) is 0 Å². The van der Waals surface area contributed by atoms with Crippen LogP contribution in [0.5, 0.6) is 0 Å². The van der Waals surface area contributed by atoms with Gasteiger partial charge in [0.1, 0.15) is 0 Å². The van der Waals surface area contributed by atoms with Crippen LogP contribution >= 0.6 is 0 Å². The highest BCUT2D eigenvalue weighted by Crippen LogP contribution is 2.57. The quantitative estimate of drug-likeness (QED) is 0.364. The van der Waals surface area contributed by atoms with Crippen LogP contribution in [-0.2, 0) is 6.42 Å². The van der Waals surface area contributed by atoms with Crippen molar-refractivity contribution in [3.8, 4) is 0 Å². The van der Waals surface area contributed by atoms with Gasteiger partial charge in [-0.15, -0.1) is 0 Å². The summed E-state index contributed by atoms with van der Waals surface area (Å²) in [7, 11) is 0. The molecular formula is C30H34. The zero-order valence-corrected chi connectivity index (χ0v) is 18.2. The van der Waals surface area contributed by atoms with E-state index in [0.717, 1.165) is 35.5 Å². The van der Waals surface area contributed by atoms with E-state index in [4.69, 9.17) is 0 Å². The van der Waals surface area contributed by atoms with Crippen molar-refractivity contribution in [1.82, 2.24) is 0 Å². The highest BCUT2D eigenvalue weighted by Gasteiger charge is 2.46. The van der Waals surface area contributed by atoms with E-state index in [1.807, 2.05) is 0 Å². The summed E-state index contributed by atoms with van der Waals surface area (Å²) in [6, 6.07) is 18.8. The molecule has 3 fully saturated rings. The standard InChI is InChI=1S/C30H34/c1-2-8-20-17-27-22(15-19(20)7-1)10-6-14-26(27)28-18-24-12-5-11-23-16-21-9-3-4-13-25(21)30(28)29(23)24/h3-5,9,11-13,16,19-20,22,26-28H,1-2,6-8,10,14-15,17-18H2. The third-order valence-corrected chi connectivity index (χ3v) is 9.86. The van der Waals surface area contributed by atoms with Gasteiger partial charge < -0.3 is 0 Å². The van der Waals surface area contributed by atoms with Crippen molar-refractivity contribution >= 4 is 21.5 Å². The van der Waals surface area contributed by atoms with Gasteiger partial charge in [0.15, 0.2) is 0 Å². The van der Waals surface area contributed by atoms with Crippen LogP contribution in [-0.4, -0.2) is 0 Å². The summed E-state index contributed by atoms with van der Waals surface area (Å²) in [5, 5.41) is 6.10. The lowest BCUT2D eigenvalue weighted by molar-refractivity contribution is 0.00909. The lowest BCUT2D eigenvalue weighted by atomic mass is 9.55. The molecule has 6 atom stereocenters. The Hall–Kier alpha value is -1.82. The fourth-order valence-electron chi connectivity index (χ4n) is 8.70. The molecule has 4 aliphatic carbocycles. The fourth-order valence-corrected chi connectivity index (χ4v) is 8.70. The first-order valence-electron chi connectivity index (χ1n) is 12.8. The van der Waals surface area contributed by atoms with E-state index in [1.54, 1.807) is 34.7 Å². The first-order valence-corrected chi connectivity index (χ1v) is 12.8. The summed E-state index contributed by atoms with van der Waals surface area (Å²) in [5.74, 6) is 5.81. The van der Waals surface area contributed by atoms with E-state index in [9.17, 15) is 0 Å². The van der Waals surface area contributed by atoms with E-state index >= 15 is 0 Å². The molecule has 0 heterocycles. The van der Waals surface area contributed by atoms with Crippen LogP contribution in [0.1, 0.15) is 74.8 Å². The third kappa shape index (κ3) is 2.58. The van der Waals surface area contributed by atoms with Gasteiger partial charge in [-0.1, -0.05) is 81.0 Å². The second-order valence-electron chi connectivity index (χ2n) is 11.1. The molecule has 4 aliphatic rings. The average molecular weight is 395 g/mol. The van der Waals surface area contributed by atoms with Crippen molar-refractivity contribution in [2.24, 2.45) is 29.6 Å². The Kier molecular flexibility index (Phi) is 4.06. The minimum atomic E-state index is 0.754. The van der Waals surface area contributed by atoms with Crippen LogP contribution < -0.4 is 0 Å². The number of benzene rings is 3. The van der Waals surface area contributed by atoms with Gasteiger partial charge in [0.05, 0.1) is 0 Å². The van der Waals surface area contributed by atoms with Gasteiger partial charge >= 0.3 is 0 Å². The number of hydrogen-bond donors (Lipinski definition) is 0. The second kappa shape index (κ2) is 6.84. The second-order valence-corrected chi connectivity index (χ2v) is 11.1. The first kappa shape index (κ1) is 17.8. The Morgan fingerprint density at radius 3 is 2.37 bits per heavy atom. The smallest absolute Gasteiger partial charge is 0.00778 e. The van der Waals surface area contributed by atoms with Crippen LogP contribution in [0.15, 0.2) is 48.5 Å². The molecule has 3 aromatic carbocycles. The van der Waals surface area contributed by atoms with Gasteiger partial charge in [0, 0.05) is 0 Å². The summed E-state index contributed by atoms with van der Waals surface area (Å²) in [6.07, 6.45) is 15.0. The van der Waals surface area contributed by atoms with Crippen molar-refractivity contribution in [1.29, 1.82) is 0 Å². The highest BCUT2D eigenvalue weighted by atomic mass is 14.5. The summed E-state index contributed by atoms with van der Waals surface area (Å²) in [6.45, 7) is 0. The van der Waals surface area contributed by atoms with E-state index in [1.165, 1.54) is 62.1 Å². The molecule has 3 aromatic rings. The van der Waals surface area contributed by atoms with Crippen LogP contribution in [0.3, 0.4) is 0 Å². The maximum Gasteiger partial charge on any atom is -0.00778 e. The first-order chi connectivity index (χ1) is 14.9. The summed E-state index contributed by atoms with van der Waals surface area (Å²) >= 11 is 0. The minimum absolute atomic E-state index is 0.754. The van der Waals surface area contributed by atoms with Gasteiger partial charge in [-0.3, -0.25) is 0 Å². The maximum atomic E-state index is 2.44. The molecule has 30 heavy (non-hydrogen) atoms. The minimum Gasteiger partial charge on any atom is -0.0616 e. The number of rotatable bonds is 1. The molecule has 0 nitrogen and oxygen atoms in total. The van der Waals surface area contributed by atoms with E-state index in [2.05, 4.69) is 48.5 Å². The van der Waals surface area contributed by atoms with Crippen LogP contribution in [0.25, 0.3) is 21.5 Å². The molecule has 0 aliphatic heterocycles. The summed E-state index contributed by atoms with van der Waals surface area (Å²) in [5.41, 5.74) is 3.36. The molecular weight excluding hydrogens is 360 g/mol. The predicted octanol–water partition coefficient (Wildman–Crippen LogP) is 8.27.